The van der Waals surface area contributed by atoms with E-state index in [0.29, 0.717) is 12.4 Å². The van der Waals surface area contributed by atoms with E-state index in [1.54, 1.807) is 11.5 Å². The van der Waals surface area contributed by atoms with E-state index < -0.39 is 4.92 Å². The van der Waals surface area contributed by atoms with Gasteiger partial charge in [0.2, 0.25) is 0 Å². The molecule has 0 N–H and O–H groups in total. The minimum atomic E-state index is -0.420. The van der Waals surface area contributed by atoms with Gasteiger partial charge in [0.05, 0.1) is 0 Å². The van der Waals surface area contributed by atoms with Crippen LogP contribution in [0.15, 0.2) is 34.9 Å². The van der Waals surface area contributed by atoms with Gasteiger partial charge in [-0.1, -0.05) is 34.1 Å². The van der Waals surface area contributed by atoms with Crippen molar-refractivity contribution < 1.29 is 4.92 Å². The van der Waals surface area contributed by atoms with Crippen LogP contribution < -0.4 is 0 Å². The Hall–Kier alpha value is -1.69. The minimum Gasteiger partial charge on any atom is -0.358 e. The number of nitrogens with zero attached hydrogens (tertiary/aromatic N) is 3. The lowest BCUT2D eigenvalue weighted by Gasteiger charge is -2.04. The van der Waals surface area contributed by atoms with Gasteiger partial charge in [0, 0.05) is 17.0 Å². The van der Waals surface area contributed by atoms with Crippen molar-refractivity contribution in [1.29, 1.82) is 0 Å². The SMILES string of the molecule is Cc1ncc([N+](=O)[O-])n1Cc1ccccc1Br. The van der Waals surface area contributed by atoms with Crippen molar-refractivity contribution in [2.75, 3.05) is 0 Å². The summed E-state index contributed by atoms with van der Waals surface area (Å²) in [6, 6.07) is 7.64. The molecule has 0 bridgehead atoms. The predicted molar refractivity (Wildman–Crippen MR) is 66.9 cm³/mol. The fourth-order valence-corrected chi connectivity index (χ4v) is 2.00. The van der Waals surface area contributed by atoms with Gasteiger partial charge in [-0.05, 0) is 11.0 Å². The molecule has 0 spiro atoms. The molecule has 2 aromatic rings. The van der Waals surface area contributed by atoms with Crippen LogP contribution in [0.2, 0.25) is 0 Å². The highest BCUT2D eigenvalue weighted by Gasteiger charge is 2.18. The van der Waals surface area contributed by atoms with Gasteiger partial charge in [-0.15, -0.1) is 0 Å². The summed E-state index contributed by atoms with van der Waals surface area (Å²) in [5, 5.41) is 10.8. The van der Waals surface area contributed by atoms with Gasteiger partial charge >= 0.3 is 5.82 Å². The van der Waals surface area contributed by atoms with Crippen LogP contribution in [0.25, 0.3) is 0 Å². The lowest BCUT2D eigenvalue weighted by atomic mass is 10.2. The fraction of sp³-hybridized carbons (Fsp3) is 0.182. The highest BCUT2D eigenvalue weighted by molar-refractivity contribution is 9.10. The number of aryl methyl sites for hydroxylation is 1. The van der Waals surface area contributed by atoms with Gasteiger partial charge in [0.25, 0.3) is 0 Å². The molecule has 1 aromatic heterocycles. The molecule has 0 amide bonds. The van der Waals surface area contributed by atoms with Crippen molar-refractivity contribution in [2.45, 2.75) is 13.5 Å². The third kappa shape index (κ3) is 2.36. The van der Waals surface area contributed by atoms with Gasteiger partial charge < -0.3 is 10.1 Å². The average Bonchev–Trinajstić information content (AvgIpc) is 2.64. The van der Waals surface area contributed by atoms with E-state index in [9.17, 15) is 10.1 Å². The highest BCUT2D eigenvalue weighted by Crippen LogP contribution is 2.21. The van der Waals surface area contributed by atoms with E-state index in [4.69, 9.17) is 0 Å². The Morgan fingerprint density at radius 1 is 1.47 bits per heavy atom. The van der Waals surface area contributed by atoms with Crippen LogP contribution in [-0.2, 0) is 6.54 Å². The molecule has 0 unspecified atom stereocenters. The number of aromatic nitrogens is 2. The first-order chi connectivity index (χ1) is 8.09. The number of hydrogen-bond donors (Lipinski definition) is 0. The Morgan fingerprint density at radius 2 is 2.18 bits per heavy atom. The lowest BCUT2D eigenvalue weighted by Crippen LogP contribution is -2.06. The van der Waals surface area contributed by atoms with Crippen LogP contribution in [0.3, 0.4) is 0 Å². The van der Waals surface area contributed by atoms with Crippen molar-refractivity contribution in [3.63, 3.8) is 0 Å². The predicted octanol–water partition coefficient (Wildman–Crippen LogP) is 2.91. The zero-order chi connectivity index (χ0) is 12.4. The topological polar surface area (TPSA) is 61.0 Å². The molecular formula is C11H10BrN3O2. The molecule has 0 radical (unpaired) electrons. The van der Waals surface area contributed by atoms with Gasteiger partial charge in [-0.25, -0.2) is 9.55 Å². The maximum atomic E-state index is 10.8. The number of benzene rings is 1. The molecule has 2 rings (SSSR count). The van der Waals surface area contributed by atoms with Gasteiger partial charge in [0.1, 0.15) is 12.7 Å². The number of rotatable bonds is 3. The second-order valence-electron chi connectivity index (χ2n) is 3.60. The Balaban J connectivity index is 2.39. The monoisotopic (exact) mass is 295 g/mol. The van der Waals surface area contributed by atoms with Gasteiger partial charge in [-0.2, -0.15) is 0 Å². The average molecular weight is 296 g/mol. The van der Waals surface area contributed by atoms with Crippen LogP contribution in [0, 0.1) is 17.0 Å². The van der Waals surface area contributed by atoms with E-state index in [1.165, 1.54) is 6.20 Å². The molecule has 5 nitrogen and oxygen atoms in total. The third-order valence-electron chi connectivity index (χ3n) is 2.51. The van der Waals surface area contributed by atoms with E-state index >= 15 is 0 Å². The Kier molecular flexibility index (Phi) is 3.23. The van der Waals surface area contributed by atoms with E-state index in [0.717, 1.165) is 10.0 Å². The molecule has 0 saturated carbocycles. The first-order valence-electron chi connectivity index (χ1n) is 4.99. The zero-order valence-corrected chi connectivity index (χ0v) is 10.7. The maximum Gasteiger partial charge on any atom is 0.343 e. The smallest absolute Gasteiger partial charge is 0.343 e. The number of hydrogen-bond acceptors (Lipinski definition) is 3. The molecular weight excluding hydrogens is 286 g/mol. The molecule has 0 aliphatic rings. The maximum absolute atomic E-state index is 10.8. The van der Waals surface area contributed by atoms with Crippen molar-refractivity contribution in [3.05, 3.63) is 56.4 Å². The van der Waals surface area contributed by atoms with E-state index in [1.807, 2.05) is 24.3 Å². The van der Waals surface area contributed by atoms with Crippen LogP contribution in [0.5, 0.6) is 0 Å². The molecule has 0 aliphatic carbocycles. The highest BCUT2D eigenvalue weighted by atomic mass is 79.9. The van der Waals surface area contributed by atoms with Crippen LogP contribution >= 0.6 is 15.9 Å². The molecule has 0 atom stereocenters. The second kappa shape index (κ2) is 4.67. The van der Waals surface area contributed by atoms with Crippen molar-refractivity contribution in [1.82, 2.24) is 9.55 Å². The zero-order valence-electron chi connectivity index (χ0n) is 9.13. The summed E-state index contributed by atoms with van der Waals surface area (Å²) in [5.74, 6) is 0.644. The Morgan fingerprint density at radius 3 is 2.82 bits per heavy atom. The first-order valence-corrected chi connectivity index (χ1v) is 5.79. The van der Waals surface area contributed by atoms with Gasteiger partial charge in [0.15, 0.2) is 5.82 Å². The molecule has 88 valence electrons. The quantitative estimate of drug-likeness (QED) is 0.646. The third-order valence-corrected chi connectivity index (χ3v) is 3.28. The molecule has 17 heavy (non-hydrogen) atoms. The number of nitro groups is 1. The number of imidazole rings is 1. The first kappa shape index (κ1) is 11.8. The van der Waals surface area contributed by atoms with Crippen molar-refractivity contribution >= 4 is 21.7 Å². The van der Waals surface area contributed by atoms with Crippen LogP contribution in [0.1, 0.15) is 11.4 Å². The standard InChI is InChI=1S/C11H10BrN3O2/c1-8-13-6-11(15(16)17)14(8)7-9-4-2-3-5-10(9)12/h2-6H,7H2,1H3. The largest absolute Gasteiger partial charge is 0.358 e. The van der Waals surface area contributed by atoms with E-state index in [-0.39, 0.29) is 5.82 Å². The van der Waals surface area contributed by atoms with Crippen molar-refractivity contribution in [2.24, 2.45) is 0 Å². The molecule has 0 saturated heterocycles. The summed E-state index contributed by atoms with van der Waals surface area (Å²) in [6.07, 6.45) is 1.28. The molecule has 6 heteroatoms. The molecule has 1 aromatic carbocycles. The summed E-state index contributed by atoms with van der Waals surface area (Å²) in [4.78, 5) is 14.4. The number of halogens is 1. The Labute approximate surface area is 106 Å². The minimum absolute atomic E-state index is 0.0123. The normalized spacial score (nSPS) is 10.5. The summed E-state index contributed by atoms with van der Waals surface area (Å²) in [7, 11) is 0. The summed E-state index contributed by atoms with van der Waals surface area (Å²) < 4.78 is 2.52. The molecule has 1 heterocycles. The van der Waals surface area contributed by atoms with Crippen LogP contribution in [0.4, 0.5) is 5.82 Å². The molecule has 0 aliphatic heterocycles. The summed E-state index contributed by atoms with van der Waals surface area (Å²) in [6.45, 7) is 2.19. The summed E-state index contributed by atoms with van der Waals surface area (Å²) >= 11 is 3.42. The van der Waals surface area contributed by atoms with E-state index in [2.05, 4.69) is 20.9 Å². The van der Waals surface area contributed by atoms with Crippen molar-refractivity contribution in [3.8, 4) is 0 Å². The Bertz CT molecular complexity index is 566. The lowest BCUT2D eigenvalue weighted by molar-refractivity contribution is -0.392. The van der Waals surface area contributed by atoms with Crippen LogP contribution in [-0.4, -0.2) is 14.5 Å². The summed E-state index contributed by atoms with van der Waals surface area (Å²) in [5.41, 5.74) is 0.983. The van der Waals surface area contributed by atoms with Gasteiger partial charge in [-0.3, -0.25) is 0 Å². The fourth-order valence-electron chi connectivity index (χ4n) is 1.59. The second-order valence-corrected chi connectivity index (χ2v) is 4.45. The molecule has 0 fully saturated rings.